The van der Waals surface area contributed by atoms with Crippen LogP contribution in [0.2, 0.25) is 5.28 Å². The van der Waals surface area contributed by atoms with Crippen LogP contribution in [-0.4, -0.2) is 27.7 Å². The molecule has 0 unspecified atom stereocenters. The summed E-state index contributed by atoms with van der Waals surface area (Å²) in [7, 11) is 0. The molecule has 0 radical (unpaired) electrons. The van der Waals surface area contributed by atoms with Crippen LogP contribution in [0.1, 0.15) is 6.92 Å². The minimum Gasteiger partial charge on any atom is -0.394 e. The lowest BCUT2D eigenvalue weighted by molar-refractivity contribution is 0.281. The number of rotatable bonds is 3. The molecule has 72 valence electrons. The lowest BCUT2D eigenvalue weighted by Gasteiger charge is -2.12. The maximum atomic E-state index is 8.80. The predicted molar refractivity (Wildman–Crippen MR) is 54.9 cm³/mol. The maximum absolute atomic E-state index is 8.80. The Hall–Kier alpha value is -0.390. The second kappa shape index (κ2) is 4.74. The summed E-state index contributed by atoms with van der Waals surface area (Å²) in [5.74, 6) is 0.585. The van der Waals surface area contributed by atoms with Crippen molar-refractivity contribution in [1.82, 2.24) is 9.97 Å². The van der Waals surface area contributed by atoms with Gasteiger partial charge in [0.15, 0.2) is 0 Å². The van der Waals surface area contributed by atoms with E-state index < -0.39 is 0 Å². The lowest BCUT2D eigenvalue weighted by Crippen LogP contribution is -2.20. The van der Waals surface area contributed by atoms with Gasteiger partial charge >= 0.3 is 0 Å². The smallest absolute Gasteiger partial charge is 0.224 e. The van der Waals surface area contributed by atoms with E-state index in [1.54, 1.807) is 6.20 Å². The number of aromatic nitrogens is 2. The van der Waals surface area contributed by atoms with E-state index in [0.29, 0.717) is 5.82 Å². The highest BCUT2D eigenvalue weighted by molar-refractivity contribution is 9.10. The van der Waals surface area contributed by atoms with Crippen LogP contribution in [0, 0.1) is 0 Å². The van der Waals surface area contributed by atoms with Crippen LogP contribution in [0.4, 0.5) is 5.82 Å². The monoisotopic (exact) mass is 265 g/mol. The average Bonchev–Trinajstić information content (AvgIpc) is 2.11. The second-order valence-corrected chi connectivity index (χ2v) is 3.76. The Morgan fingerprint density at radius 1 is 1.77 bits per heavy atom. The molecule has 1 rings (SSSR count). The van der Waals surface area contributed by atoms with Crippen molar-refractivity contribution in [3.8, 4) is 0 Å². The zero-order valence-corrected chi connectivity index (χ0v) is 9.30. The molecule has 0 aliphatic rings. The molecule has 0 aliphatic carbocycles. The molecule has 0 fully saturated rings. The van der Waals surface area contributed by atoms with E-state index in [9.17, 15) is 0 Å². The molecule has 1 atom stereocenters. The highest BCUT2D eigenvalue weighted by atomic mass is 79.9. The van der Waals surface area contributed by atoms with Gasteiger partial charge in [0.25, 0.3) is 0 Å². The van der Waals surface area contributed by atoms with Gasteiger partial charge in [-0.05, 0) is 34.5 Å². The van der Waals surface area contributed by atoms with E-state index in [2.05, 4.69) is 31.2 Å². The van der Waals surface area contributed by atoms with Gasteiger partial charge in [0, 0.05) is 12.2 Å². The van der Waals surface area contributed by atoms with Gasteiger partial charge in [-0.3, -0.25) is 0 Å². The van der Waals surface area contributed by atoms with Crippen molar-refractivity contribution in [2.24, 2.45) is 0 Å². The minimum absolute atomic E-state index is 0.0358. The van der Waals surface area contributed by atoms with Crippen molar-refractivity contribution < 1.29 is 5.11 Å². The highest BCUT2D eigenvalue weighted by Gasteiger charge is 2.06. The van der Waals surface area contributed by atoms with Crippen LogP contribution in [0.3, 0.4) is 0 Å². The molecule has 0 amide bonds. The summed E-state index contributed by atoms with van der Waals surface area (Å²) in [5, 5.41) is 11.9. The van der Waals surface area contributed by atoms with Gasteiger partial charge < -0.3 is 10.4 Å². The molecule has 1 aromatic rings. The first-order valence-corrected chi connectivity index (χ1v) is 4.86. The molecule has 1 heterocycles. The molecule has 13 heavy (non-hydrogen) atoms. The Kier molecular flexibility index (Phi) is 3.90. The number of anilines is 1. The second-order valence-electron chi connectivity index (χ2n) is 2.56. The van der Waals surface area contributed by atoms with Gasteiger partial charge in [0.1, 0.15) is 5.82 Å². The van der Waals surface area contributed by atoms with Crippen molar-refractivity contribution in [1.29, 1.82) is 0 Å². The number of nitrogens with zero attached hydrogens (tertiary/aromatic N) is 2. The predicted octanol–water partition coefficient (Wildman–Crippen LogP) is 1.69. The Bertz CT molecular complexity index is 297. The third kappa shape index (κ3) is 3.10. The fraction of sp³-hybridized carbons (Fsp3) is 0.429. The lowest BCUT2D eigenvalue weighted by atomic mass is 10.3. The van der Waals surface area contributed by atoms with Gasteiger partial charge in [-0.1, -0.05) is 0 Å². The van der Waals surface area contributed by atoms with Gasteiger partial charge in [-0.15, -0.1) is 0 Å². The number of hydrogen-bond acceptors (Lipinski definition) is 4. The topological polar surface area (TPSA) is 58.0 Å². The molecule has 0 bridgehead atoms. The molecule has 0 saturated carbocycles. The Balaban J connectivity index is 2.81. The molecule has 4 nitrogen and oxygen atoms in total. The minimum atomic E-state index is -0.0673. The highest BCUT2D eigenvalue weighted by Crippen LogP contribution is 2.20. The first-order valence-electron chi connectivity index (χ1n) is 3.69. The van der Waals surface area contributed by atoms with E-state index in [0.717, 1.165) is 4.47 Å². The number of nitrogens with one attached hydrogen (secondary N) is 1. The van der Waals surface area contributed by atoms with Crippen LogP contribution in [0.25, 0.3) is 0 Å². The van der Waals surface area contributed by atoms with Crippen molar-refractivity contribution in [2.45, 2.75) is 13.0 Å². The Labute approximate surface area is 89.5 Å². The average molecular weight is 267 g/mol. The zero-order valence-electron chi connectivity index (χ0n) is 6.96. The summed E-state index contributed by atoms with van der Waals surface area (Å²) < 4.78 is 0.720. The zero-order chi connectivity index (χ0) is 9.84. The quantitative estimate of drug-likeness (QED) is 0.818. The van der Waals surface area contributed by atoms with Crippen LogP contribution < -0.4 is 5.32 Å². The molecule has 2 N–H and O–H groups in total. The fourth-order valence-electron chi connectivity index (χ4n) is 0.726. The number of aliphatic hydroxyl groups is 1. The van der Waals surface area contributed by atoms with Crippen molar-refractivity contribution in [3.05, 3.63) is 16.0 Å². The summed E-state index contributed by atoms with van der Waals surface area (Å²) in [6, 6.07) is -0.0673. The molecule has 0 aliphatic heterocycles. The summed E-state index contributed by atoms with van der Waals surface area (Å²) in [6.07, 6.45) is 1.56. The van der Waals surface area contributed by atoms with E-state index in [1.807, 2.05) is 6.92 Å². The fourth-order valence-corrected chi connectivity index (χ4v) is 1.16. The van der Waals surface area contributed by atoms with Gasteiger partial charge in [0.05, 0.1) is 11.1 Å². The van der Waals surface area contributed by atoms with Gasteiger partial charge in [0.2, 0.25) is 5.28 Å². The SMILES string of the molecule is C[C@H](CO)Nc1nc(Cl)ncc1Br. The summed E-state index contributed by atoms with van der Waals surface area (Å²) >= 11 is 8.86. The number of aliphatic hydroxyl groups excluding tert-OH is 1. The molecular formula is C7H9BrClN3O. The normalized spacial score (nSPS) is 12.6. The largest absolute Gasteiger partial charge is 0.394 e. The molecule has 0 aromatic carbocycles. The van der Waals surface area contributed by atoms with Crippen molar-refractivity contribution in [2.75, 3.05) is 11.9 Å². The van der Waals surface area contributed by atoms with E-state index >= 15 is 0 Å². The molecule has 0 spiro atoms. The van der Waals surface area contributed by atoms with Gasteiger partial charge in [-0.25, -0.2) is 4.98 Å². The first kappa shape index (κ1) is 10.7. The molecule has 0 saturated heterocycles. The third-order valence-corrected chi connectivity index (χ3v) is 2.13. The molecule has 1 aromatic heterocycles. The van der Waals surface area contributed by atoms with E-state index in [4.69, 9.17) is 16.7 Å². The van der Waals surface area contributed by atoms with Crippen LogP contribution >= 0.6 is 27.5 Å². The Morgan fingerprint density at radius 2 is 2.46 bits per heavy atom. The molecule has 6 heteroatoms. The third-order valence-electron chi connectivity index (χ3n) is 1.37. The summed E-state index contributed by atoms with van der Waals surface area (Å²) in [4.78, 5) is 7.72. The summed E-state index contributed by atoms with van der Waals surface area (Å²) in [5.41, 5.74) is 0. The number of halogens is 2. The summed E-state index contributed by atoms with van der Waals surface area (Å²) in [6.45, 7) is 1.87. The van der Waals surface area contributed by atoms with Crippen molar-refractivity contribution in [3.63, 3.8) is 0 Å². The van der Waals surface area contributed by atoms with Gasteiger partial charge in [-0.2, -0.15) is 4.98 Å². The first-order chi connectivity index (χ1) is 6.13. The molecular weight excluding hydrogens is 257 g/mol. The standard InChI is InChI=1S/C7H9BrClN3O/c1-4(3-13)11-6-5(8)2-10-7(9)12-6/h2,4,13H,3H2,1H3,(H,10,11,12)/t4-/m1/s1. The number of hydrogen-bond donors (Lipinski definition) is 2. The van der Waals surface area contributed by atoms with E-state index in [-0.39, 0.29) is 17.9 Å². The maximum Gasteiger partial charge on any atom is 0.224 e. The van der Waals surface area contributed by atoms with Crippen LogP contribution in [-0.2, 0) is 0 Å². The van der Waals surface area contributed by atoms with Crippen LogP contribution in [0.15, 0.2) is 10.7 Å². The van der Waals surface area contributed by atoms with Crippen LogP contribution in [0.5, 0.6) is 0 Å². The Morgan fingerprint density at radius 3 is 3.08 bits per heavy atom. The van der Waals surface area contributed by atoms with E-state index in [1.165, 1.54) is 0 Å². The van der Waals surface area contributed by atoms with Crippen molar-refractivity contribution >= 4 is 33.3 Å².